The molecule has 6 nitrogen and oxygen atoms in total. The maximum Gasteiger partial charge on any atom is 0.272 e. The standard InChI is InChI=1S/C17H21FN2O4/c18-15-7-11(20(21)22)4-5-16(15)19-8-12-13(9-19)14(12)10-24-17-3-1-2-6-23-17/h4-5,7,12-14,17H,1-3,6,8-10H2/t12-,13+,14?,17?. The zero-order valence-corrected chi connectivity index (χ0v) is 13.4. The second-order valence-corrected chi connectivity index (χ2v) is 6.92. The molecular weight excluding hydrogens is 315 g/mol. The van der Waals surface area contributed by atoms with E-state index in [-0.39, 0.29) is 12.0 Å². The fourth-order valence-corrected chi connectivity index (χ4v) is 4.02. The number of hydrogen-bond donors (Lipinski definition) is 0. The summed E-state index contributed by atoms with van der Waals surface area (Å²) in [6.45, 7) is 3.09. The molecule has 0 amide bonds. The Balaban J connectivity index is 1.29. The highest BCUT2D eigenvalue weighted by Gasteiger charge is 2.56. The van der Waals surface area contributed by atoms with Gasteiger partial charge in [0.15, 0.2) is 12.1 Å². The molecule has 1 aromatic carbocycles. The Morgan fingerprint density at radius 2 is 2.12 bits per heavy atom. The van der Waals surface area contributed by atoms with Crippen LogP contribution in [-0.4, -0.2) is 37.5 Å². The number of halogens is 1. The molecule has 2 aliphatic heterocycles. The SMILES string of the molecule is O=[N+]([O-])c1ccc(N2C[C@@H]3C(COC4CCCCO4)[C@@H]3C2)c(F)c1. The van der Waals surface area contributed by atoms with E-state index in [1.807, 2.05) is 4.90 Å². The first-order valence-corrected chi connectivity index (χ1v) is 8.55. The molecule has 3 fully saturated rings. The van der Waals surface area contributed by atoms with Crippen molar-refractivity contribution in [2.45, 2.75) is 25.6 Å². The zero-order valence-electron chi connectivity index (χ0n) is 13.4. The van der Waals surface area contributed by atoms with Crippen molar-refractivity contribution in [1.29, 1.82) is 0 Å². The largest absolute Gasteiger partial charge is 0.369 e. The van der Waals surface area contributed by atoms with E-state index in [1.54, 1.807) is 0 Å². The Bertz CT molecular complexity index is 623. The molecule has 4 rings (SSSR count). The molecule has 0 bridgehead atoms. The van der Waals surface area contributed by atoms with Crippen molar-refractivity contribution in [1.82, 2.24) is 0 Å². The van der Waals surface area contributed by atoms with E-state index < -0.39 is 10.7 Å². The zero-order chi connectivity index (χ0) is 16.7. The average molecular weight is 336 g/mol. The van der Waals surface area contributed by atoms with E-state index in [4.69, 9.17) is 9.47 Å². The van der Waals surface area contributed by atoms with Gasteiger partial charge in [0.05, 0.1) is 23.3 Å². The predicted octanol–water partition coefficient (Wildman–Crippen LogP) is 2.96. The number of hydrogen-bond acceptors (Lipinski definition) is 5. The highest BCUT2D eigenvalue weighted by atomic mass is 19.1. The smallest absolute Gasteiger partial charge is 0.272 e. The van der Waals surface area contributed by atoms with Gasteiger partial charge in [-0.15, -0.1) is 0 Å². The van der Waals surface area contributed by atoms with Crippen molar-refractivity contribution in [3.05, 3.63) is 34.1 Å². The third kappa shape index (κ3) is 2.98. The third-order valence-corrected chi connectivity index (χ3v) is 5.47. The number of non-ortho nitro benzene ring substituents is 1. The van der Waals surface area contributed by atoms with Gasteiger partial charge in [0.25, 0.3) is 5.69 Å². The lowest BCUT2D eigenvalue weighted by Crippen LogP contribution is -2.28. The Hall–Kier alpha value is -1.73. The number of nitro benzene ring substituents is 1. The van der Waals surface area contributed by atoms with Crippen LogP contribution in [0.5, 0.6) is 0 Å². The van der Waals surface area contributed by atoms with E-state index in [2.05, 4.69) is 0 Å². The number of benzene rings is 1. The normalized spacial score (nSPS) is 31.8. The molecule has 1 saturated carbocycles. The van der Waals surface area contributed by atoms with Gasteiger partial charge in [0.2, 0.25) is 0 Å². The van der Waals surface area contributed by atoms with Crippen molar-refractivity contribution in [3.8, 4) is 0 Å². The molecular formula is C17H21FN2O4. The van der Waals surface area contributed by atoms with Crippen molar-refractivity contribution in [3.63, 3.8) is 0 Å². The molecule has 0 N–H and O–H groups in total. The van der Waals surface area contributed by atoms with Gasteiger partial charge in [0.1, 0.15) is 0 Å². The number of piperidine rings is 1. The summed E-state index contributed by atoms with van der Waals surface area (Å²) in [6.07, 6.45) is 3.20. The van der Waals surface area contributed by atoms with E-state index in [9.17, 15) is 14.5 Å². The van der Waals surface area contributed by atoms with E-state index in [0.29, 0.717) is 23.4 Å². The number of anilines is 1. The maximum atomic E-state index is 14.1. The summed E-state index contributed by atoms with van der Waals surface area (Å²) >= 11 is 0. The lowest BCUT2D eigenvalue weighted by molar-refractivity contribution is -0.385. The minimum absolute atomic E-state index is 0.0525. The van der Waals surface area contributed by atoms with Gasteiger partial charge < -0.3 is 14.4 Å². The average Bonchev–Trinajstić information content (AvgIpc) is 3.03. The summed E-state index contributed by atoms with van der Waals surface area (Å²) < 4.78 is 25.5. The van der Waals surface area contributed by atoms with Crippen LogP contribution in [-0.2, 0) is 9.47 Å². The van der Waals surface area contributed by atoms with E-state index in [1.165, 1.54) is 12.1 Å². The minimum Gasteiger partial charge on any atom is -0.369 e. The first-order chi connectivity index (χ1) is 11.6. The second kappa shape index (κ2) is 6.29. The molecule has 3 aliphatic rings. The highest BCUT2D eigenvalue weighted by Crippen LogP contribution is 2.53. The van der Waals surface area contributed by atoms with Crippen molar-refractivity contribution >= 4 is 11.4 Å². The molecule has 2 saturated heterocycles. The molecule has 7 heteroatoms. The maximum absolute atomic E-state index is 14.1. The van der Waals surface area contributed by atoms with E-state index >= 15 is 0 Å². The highest BCUT2D eigenvalue weighted by molar-refractivity contribution is 5.54. The monoisotopic (exact) mass is 336 g/mol. The lowest BCUT2D eigenvalue weighted by atomic mass is 10.2. The number of ether oxygens (including phenoxy) is 2. The number of nitro groups is 1. The molecule has 2 heterocycles. The first kappa shape index (κ1) is 15.8. The van der Waals surface area contributed by atoms with Crippen LogP contribution in [0, 0.1) is 33.7 Å². The predicted molar refractivity (Wildman–Crippen MR) is 85.3 cm³/mol. The van der Waals surface area contributed by atoms with Gasteiger partial charge in [0, 0.05) is 25.8 Å². The Morgan fingerprint density at radius 3 is 2.75 bits per heavy atom. The fourth-order valence-electron chi connectivity index (χ4n) is 4.02. The Labute approximate surface area is 139 Å². The summed E-state index contributed by atoms with van der Waals surface area (Å²) in [5.74, 6) is 1.08. The molecule has 2 unspecified atom stereocenters. The van der Waals surface area contributed by atoms with Crippen LogP contribution < -0.4 is 4.90 Å². The van der Waals surface area contributed by atoms with Gasteiger partial charge in [-0.2, -0.15) is 0 Å². The van der Waals surface area contributed by atoms with E-state index in [0.717, 1.165) is 51.6 Å². The van der Waals surface area contributed by atoms with Gasteiger partial charge in [-0.25, -0.2) is 4.39 Å². The van der Waals surface area contributed by atoms with Gasteiger partial charge in [-0.1, -0.05) is 0 Å². The molecule has 24 heavy (non-hydrogen) atoms. The van der Waals surface area contributed by atoms with Crippen LogP contribution in [0.25, 0.3) is 0 Å². The number of fused-ring (bicyclic) bond motifs is 1. The van der Waals surface area contributed by atoms with Crippen molar-refractivity contribution in [2.24, 2.45) is 17.8 Å². The quantitative estimate of drug-likeness (QED) is 0.611. The van der Waals surface area contributed by atoms with Crippen LogP contribution in [0.3, 0.4) is 0 Å². The lowest BCUT2D eigenvalue weighted by Gasteiger charge is -2.25. The summed E-state index contributed by atoms with van der Waals surface area (Å²) in [7, 11) is 0. The molecule has 1 aromatic rings. The van der Waals surface area contributed by atoms with Crippen molar-refractivity contribution in [2.75, 3.05) is 31.2 Å². The molecule has 130 valence electrons. The number of rotatable bonds is 5. The second-order valence-electron chi connectivity index (χ2n) is 6.92. The van der Waals surface area contributed by atoms with Crippen LogP contribution in [0.2, 0.25) is 0 Å². The Kier molecular flexibility index (Phi) is 4.14. The minimum atomic E-state index is -0.574. The van der Waals surface area contributed by atoms with Gasteiger partial charge in [-0.3, -0.25) is 10.1 Å². The van der Waals surface area contributed by atoms with Crippen LogP contribution in [0.15, 0.2) is 18.2 Å². The fraction of sp³-hybridized carbons (Fsp3) is 0.647. The van der Waals surface area contributed by atoms with Gasteiger partial charge in [-0.05, 0) is 43.1 Å². The topological polar surface area (TPSA) is 64.8 Å². The molecule has 0 spiro atoms. The summed E-state index contributed by atoms with van der Waals surface area (Å²) in [4.78, 5) is 12.1. The summed E-state index contributed by atoms with van der Waals surface area (Å²) in [5.41, 5.74) is 0.252. The summed E-state index contributed by atoms with van der Waals surface area (Å²) in [5, 5.41) is 10.7. The van der Waals surface area contributed by atoms with Crippen molar-refractivity contribution < 1.29 is 18.8 Å². The van der Waals surface area contributed by atoms with Crippen LogP contribution in [0.1, 0.15) is 19.3 Å². The van der Waals surface area contributed by atoms with Crippen LogP contribution >= 0.6 is 0 Å². The van der Waals surface area contributed by atoms with Crippen LogP contribution in [0.4, 0.5) is 15.8 Å². The molecule has 0 aromatic heterocycles. The number of nitrogens with zero attached hydrogens (tertiary/aromatic N) is 2. The summed E-state index contributed by atoms with van der Waals surface area (Å²) in [6, 6.07) is 3.88. The molecule has 1 aliphatic carbocycles. The van der Waals surface area contributed by atoms with Gasteiger partial charge >= 0.3 is 0 Å². The third-order valence-electron chi connectivity index (χ3n) is 5.47. The first-order valence-electron chi connectivity index (χ1n) is 8.55. The molecule has 0 radical (unpaired) electrons. The Morgan fingerprint density at radius 1 is 1.33 bits per heavy atom. The molecule has 4 atom stereocenters.